The zero-order chi connectivity index (χ0) is 11.4. The highest BCUT2D eigenvalue weighted by Gasteiger charge is 2.07. The molecule has 1 heterocycles. The maximum Gasteiger partial charge on any atom is 0.0490 e. The fourth-order valence-electron chi connectivity index (χ4n) is 1.58. The van der Waals surface area contributed by atoms with E-state index < -0.39 is 0 Å². The van der Waals surface area contributed by atoms with Crippen molar-refractivity contribution in [3.8, 4) is 0 Å². The Balaban J connectivity index is 1.98. The molecule has 84 valence electrons. The third kappa shape index (κ3) is 2.71. The minimum atomic E-state index is 0.305. The number of hydrogen-bond donors (Lipinski definition) is 2. The SMILES string of the molecule is C[C@H](NCc1ccn[nH]1)c1ccccc1Br. The van der Waals surface area contributed by atoms with Gasteiger partial charge in [-0.2, -0.15) is 5.10 Å². The zero-order valence-corrected chi connectivity index (χ0v) is 10.7. The summed E-state index contributed by atoms with van der Waals surface area (Å²) in [6, 6.07) is 10.5. The molecule has 1 atom stereocenters. The molecular weight excluding hydrogens is 266 g/mol. The van der Waals surface area contributed by atoms with Gasteiger partial charge in [-0.25, -0.2) is 0 Å². The Morgan fingerprint density at radius 3 is 2.88 bits per heavy atom. The molecule has 2 aromatic rings. The van der Waals surface area contributed by atoms with Gasteiger partial charge in [0.2, 0.25) is 0 Å². The van der Waals surface area contributed by atoms with Crippen molar-refractivity contribution in [1.29, 1.82) is 0 Å². The molecule has 2 rings (SSSR count). The standard InChI is InChI=1S/C12H14BrN3/c1-9(11-4-2-3-5-12(11)13)14-8-10-6-7-15-16-10/h2-7,9,14H,8H2,1H3,(H,15,16)/t9-/m0/s1. The lowest BCUT2D eigenvalue weighted by Gasteiger charge is -2.15. The molecule has 0 radical (unpaired) electrons. The maximum absolute atomic E-state index is 3.92. The second-order valence-electron chi connectivity index (χ2n) is 3.71. The van der Waals surface area contributed by atoms with E-state index in [1.54, 1.807) is 6.20 Å². The molecule has 0 bridgehead atoms. The van der Waals surface area contributed by atoms with Crippen molar-refractivity contribution in [1.82, 2.24) is 15.5 Å². The van der Waals surface area contributed by atoms with Gasteiger partial charge in [0.1, 0.15) is 0 Å². The van der Waals surface area contributed by atoms with E-state index >= 15 is 0 Å². The van der Waals surface area contributed by atoms with Crippen LogP contribution in [0.5, 0.6) is 0 Å². The quantitative estimate of drug-likeness (QED) is 0.903. The van der Waals surface area contributed by atoms with Crippen LogP contribution in [0.25, 0.3) is 0 Å². The molecule has 1 aromatic heterocycles. The fraction of sp³-hybridized carbons (Fsp3) is 0.250. The van der Waals surface area contributed by atoms with Gasteiger partial charge in [0, 0.05) is 29.0 Å². The number of halogens is 1. The largest absolute Gasteiger partial charge is 0.305 e. The van der Waals surface area contributed by atoms with Crippen molar-refractivity contribution in [3.05, 3.63) is 52.3 Å². The number of benzene rings is 1. The van der Waals surface area contributed by atoms with Crippen LogP contribution in [-0.4, -0.2) is 10.2 Å². The molecule has 0 aliphatic carbocycles. The Bertz CT molecular complexity index is 439. The first-order valence-corrected chi connectivity index (χ1v) is 6.02. The summed E-state index contributed by atoms with van der Waals surface area (Å²) in [5.41, 5.74) is 2.36. The Labute approximate surface area is 103 Å². The summed E-state index contributed by atoms with van der Waals surface area (Å²) in [5, 5.41) is 10.3. The van der Waals surface area contributed by atoms with Gasteiger partial charge in [-0.1, -0.05) is 34.1 Å². The van der Waals surface area contributed by atoms with Crippen molar-refractivity contribution < 1.29 is 0 Å². The average Bonchev–Trinajstić information content (AvgIpc) is 2.79. The van der Waals surface area contributed by atoms with E-state index in [-0.39, 0.29) is 0 Å². The molecule has 0 unspecified atom stereocenters. The van der Waals surface area contributed by atoms with Crippen molar-refractivity contribution in [2.45, 2.75) is 19.5 Å². The molecule has 0 amide bonds. The first-order valence-electron chi connectivity index (χ1n) is 5.23. The van der Waals surface area contributed by atoms with E-state index in [0.29, 0.717) is 6.04 Å². The van der Waals surface area contributed by atoms with Crippen LogP contribution < -0.4 is 5.32 Å². The van der Waals surface area contributed by atoms with Gasteiger partial charge < -0.3 is 5.32 Å². The summed E-state index contributed by atoms with van der Waals surface area (Å²) < 4.78 is 1.14. The third-order valence-electron chi connectivity index (χ3n) is 2.53. The molecule has 0 saturated carbocycles. The van der Waals surface area contributed by atoms with Crippen LogP contribution in [0.1, 0.15) is 24.2 Å². The maximum atomic E-state index is 3.92. The molecule has 0 aliphatic heterocycles. The van der Waals surface area contributed by atoms with Gasteiger partial charge in [-0.3, -0.25) is 5.10 Å². The monoisotopic (exact) mass is 279 g/mol. The minimum absolute atomic E-state index is 0.305. The number of hydrogen-bond acceptors (Lipinski definition) is 2. The molecule has 2 N–H and O–H groups in total. The Hall–Kier alpha value is -1.13. The second-order valence-corrected chi connectivity index (χ2v) is 4.56. The molecule has 4 heteroatoms. The topological polar surface area (TPSA) is 40.7 Å². The van der Waals surface area contributed by atoms with Crippen LogP contribution in [-0.2, 0) is 6.54 Å². The lowest BCUT2D eigenvalue weighted by Crippen LogP contribution is -2.18. The highest BCUT2D eigenvalue weighted by molar-refractivity contribution is 9.10. The lowest BCUT2D eigenvalue weighted by molar-refractivity contribution is 0.565. The second kappa shape index (κ2) is 5.27. The Morgan fingerprint density at radius 1 is 1.38 bits per heavy atom. The predicted octanol–water partition coefficient (Wildman–Crippen LogP) is 3.02. The Kier molecular flexibility index (Phi) is 3.74. The van der Waals surface area contributed by atoms with E-state index in [1.807, 2.05) is 12.1 Å². The molecule has 0 fully saturated rings. The van der Waals surface area contributed by atoms with Crippen LogP contribution >= 0.6 is 15.9 Å². The average molecular weight is 280 g/mol. The molecular formula is C12H14BrN3. The van der Waals surface area contributed by atoms with E-state index in [1.165, 1.54) is 5.56 Å². The first kappa shape index (κ1) is 11.4. The van der Waals surface area contributed by atoms with E-state index in [2.05, 4.69) is 56.6 Å². The van der Waals surface area contributed by atoms with E-state index in [0.717, 1.165) is 16.7 Å². The summed E-state index contributed by atoms with van der Waals surface area (Å²) in [5.74, 6) is 0. The summed E-state index contributed by atoms with van der Waals surface area (Å²) in [6.07, 6.45) is 1.76. The van der Waals surface area contributed by atoms with Crippen LogP contribution in [0, 0.1) is 0 Å². The minimum Gasteiger partial charge on any atom is -0.305 e. The lowest BCUT2D eigenvalue weighted by atomic mass is 10.1. The van der Waals surface area contributed by atoms with Crippen LogP contribution in [0.15, 0.2) is 41.0 Å². The first-order chi connectivity index (χ1) is 7.77. The van der Waals surface area contributed by atoms with Crippen molar-refractivity contribution in [2.75, 3.05) is 0 Å². The number of aromatic amines is 1. The Morgan fingerprint density at radius 2 is 2.19 bits per heavy atom. The summed E-state index contributed by atoms with van der Waals surface area (Å²) in [6.45, 7) is 2.94. The third-order valence-corrected chi connectivity index (χ3v) is 3.25. The molecule has 3 nitrogen and oxygen atoms in total. The highest BCUT2D eigenvalue weighted by Crippen LogP contribution is 2.22. The number of H-pyrrole nitrogens is 1. The van der Waals surface area contributed by atoms with E-state index in [9.17, 15) is 0 Å². The van der Waals surface area contributed by atoms with Gasteiger partial charge in [0.15, 0.2) is 0 Å². The normalized spacial score (nSPS) is 12.6. The van der Waals surface area contributed by atoms with Gasteiger partial charge >= 0.3 is 0 Å². The molecule has 1 aromatic carbocycles. The van der Waals surface area contributed by atoms with Crippen molar-refractivity contribution in [2.24, 2.45) is 0 Å². The smallest absolute Gasteiger partial charge is 0.0490 e. The molecule has 0 aliphatic rings. The van der Waals surface area contributed by atoms with Gasteiger partial charge in [-0.15, -0.1) is 0 Å². The van der Waals surface area contributed by atoms with Crippen LogP contribution in [0.4, 0.5) is 0 Å². The van der Waals surface area contributed by atoms with Gasteiger partial charge in [0.05, 0.1) is 0 Å². The van der Waals surface area contributed by atoms with Crippen LogP contribution in [0.2, 0.25) is 0 Å². The van der Waals surface area contributed by atoms with Crippen LogP contribution in [0.3, 0.4) is 0 Å². The number of rotatable bonds is 4. The number of nitrogens with one attached hydrogen (secondary N) is 2. The molecule has 0 spiro atoms. The molecule has 0 saturated heterocycles. The summed E-state index contributed by atoms with van der Waals surface area (Å²) >= 11 is 3.56. The van der Waals surface area contributed by atoms with Gasteiger partial charge in [-0.05, 0) is 24.6 Å². The summed E-state index contributed by atoms with van der Waals surface area (Å²) in [4.78, 5) is 0. The number of nitrogens with zero attached hydrogens (tertiary/aromatic N) is 1. The van der Waals surface area contributed by atoms with Crippen molar-refractivity contribution in [3.63, 3.8) is 0 Å². The van der Waals surface area contributed by atoms with Crippen molar-refractivity contribution >= 4 is 15.9 Å². The summed E-state index contributed by atoms with van der Waals surface area (Å²) in [7, 11) is 0. The number of aromatic nitrogens is 2. The van der Waals surface area contributed by atoms with E-state index in [4.69, 9.17) is 0 Å². The predicted molar refractivity (Wildman–Crippen MR) is 68.0 cm³/mol. The van der Waals surface area contributed by atoms with Gasteiger partial charge in [0.25, 0.3) is 0 Å². The highest BCUT2D eigenvalue weighted by atomic mass is 79.9. The fourth-order valence-corrected chi connectivity index (χ4v) is 2.21. The zero-order valence-electron chi connectivity index (χ0n) is 9.07. The molecule has 16 heavy (non-hydrogen) atoms.